The van der Waals surface area contributed by atoms with Crippen LogP contribution in [0.2, 0.25) is 0 Å². The van der Waals surface area contributed by atoms with E-state index >= 15 is 0 Å². The predicted molar refractivity (Wildman–Crippen MR) is 50.1 cm³/mol. The maximum absolute atomic E-state index is 7.68. The molecule has 2 rings (SSSR count). The molecule has 0 saturated carbocycles. The summed E-state index contributed by atoms with van der Waals surface area (Å²) in [5.74, 6) is 0. The van der Waals surface area contributed by atoms with Crippen molar-refractivity contribution in [2.75, 3.05) is 0 Å². The molecule has 0 unspecified atom stereocenters. The highest BCUT2D eigenvalue weighted by Gasteiger charge is 2.02. The summed E-state index contributed by atoms with van der Waals surface area (Å²) in [5.41, 5.74) is 1.95. The highest BCUT2D eigenvalue weighted by molar-refractivity contribution is 5.75. The number of hydrogen-bond acceptors (Lipinski definition) is 1. The fraction of sp³-hybridized carbons (Fsp3) is 0.300. The van der Waals surface area contributed by atoms with Gasteiger partial charge in [-0.1, -0.05) is 12.1 Å². The lowest BCUT2D eigenvalue weighted by Gasteiger charge is -2.06. The van der Waals surface area contributed by atoms with Crippen LogP contribution in [0.4, 0.5) is 0 Å². The number of fused-ring (bicyclic) bond motifs is 1. The Morgan fingerprint density at radius 1 is 1.42 bits per heavy atom. The van der Waals surface area contributed by atoms with Gasteiger partial charge in [0.25, 0.3) is 0 Å². The van der Waals surface area contributed by atoms with E-state index in [1.165, 1.54) is 0 Å². The molecule has 1 aromatic heterocycles. The average Bonchev–Trinajstić information content (AvgIpc) is 2.39. The van der Waals surface area contributed by atoms with Gasteiger partial charge in [0.1, 0.15) is 1.37 Å². The third-order valence-corrected chi connectivity index (χ3v) is 1.94. The first-order chi connectivity index (χ1) is 6.20. The van der Waals surface area contributed by atoms with Gasteiger partial charge >= 0.3 is 0 Å². The average molecular weight is 161 g/mol. The third-order valence-electron chi connectivity index (χ3n) is 1.94. The van der Waals surface area contributed by atoms with Crippen LogP contribution in [0.1, 0.15) is 21.3 Å². The van der Waals surface area contributed by atoms with Crippen LogP contribution in [0, 0.1) is 0 Å². The van der Waals surface area contributed by atoms with Crippen molar-refractivity contribution in [3.8, 4) is 0 Å². The molecule has 12 heavy (non-hydrogen) atoms. The van der Waals surface area contributed by atoms with Gasteiger partial charge in [-0.3, -0.25) is 0 Å². The van der Waals surface area contributed by atoms with Crippen LogP contribution >= 0.6 is 0 Å². The van der Waals surface area contributed by atoms with Gasteiger partial charge in [0, 0.05) is 6.04 Å². The van der Waals surface area contributed by atoms with Gasteiger partial charge in [0.05, 0.1) is 17.3 Å². The van der Waals surface area contributed by atoms with Crippen molar-refractivity contribution >= 4 is 11.0 Å². The Labute approximate surface area is 73.3 Å². The fourth-order valence-electron chi connectivity index (χ4n) is 1.32. The van der Waals surface area contributed by atoms with E-state index in [1.54, 1.807) is 0 Å². The molecule has 0 aliphatic heterocycles. The normalized spacial score (nSPS) is 12.4. The Morgan fingerprint density at radius 2 is 2.17 bits per heavy atom. The SMILES string of the molecule is [2H]c1nc2ccccc2n1C(C)C. The second-order valence-electron chi connectivity index (χ2n) is 3.16. The van der Waals surface area contributed by atoms with Gasteiger partial charge in [-0.05, 0) is 26.0 Å². The highest BCUT2D eigenvalue weighted by Crippen LogP contribution is 2.15. The van der Waals surface area contributed by atoms with Gasteiger partial charge < -0.3 is 4.57 Å². The van der Waals surface area contributed by atoms with E-state index in [2.05, 4.69) is 18.8 Å². The first-order valence-corrected chi connectivity index (χ1v) is 4.13. The number of aromatic nitrogens is 2. The van der Waals surface area contributed by atoms with E-state index in [-0.39, 0.29) is 0 Å². The van der Waals surface area contributed by atoms with Gasteiger partial charge in [-0.15, -0.1) is 0 Å². The fourth-order valence-corrected chi connectivity index (χ4v) is 1.32. The molecule has 0 atom stereocenters. The minimum absolute atomic E-state index is 0.292. The molecule has 0 amide bonds. The van der Waals surface area contributed by atoms with E-state index in [9.17, 15) is 0 Å². The maximum atomic E-state index is 7.68. The molecule has 2 nitrogen and oxygen atoms in total. The molecule has 2 heteroatoms. The van der Waals surface area contributed by atoms with Gasteiger partial charge in [-0.2, -0.15) is 0 Å². The van der Waals surface area contributed by atoms with Crippen molar-refractivity contribution in [3.63, 3.8) is 0 Å². The summed E-state index contributed by atoms with van der Waals surface area (Å²) in [6, 6.07) is 8.15. The number of nitrogens with zero attached hydrogens (tertiary/aromatic N) is 2. The van der Waals surface area contributed by atoms with Crippen LogP contribution in [0.15, 0.2) is 30.6 Å². The molecule has 62 valence electrons. The molecule has 0 aliphatic carbocycles. The Balaban J connectivity index is 2.78. The second-order valence-corrected chi connectivity index (χ2v) is 3.16. The molecule has 0 bridgehead atoms. The van der Waals surface area contributed by atoms with Crippen molar-refractivity contribution in [2.45, 2.75) is 19.9 Å². The quantitative estimate of drug-likeness (QED) is 0.628. The van der Waals surface area contributed by atoms with Crippen LogP contribution in [0.5, 0.6) is 0 Å². The second kappa shape index (κ2) is 2.63. The molecule has 2 aromatic rings. The molecule has 0 saturated heterocycles. The van der Waals surface area contributed by atoms with E-state index in [0.29, 0.717) is 12.3 Å². The molecule has 0 spiro atoms. The molecular formula is C10H12N2. The molecule has 1 aromatic carbocycles. The lowest BCUT2D eigenvalue weighted by molar-refractivity contribution is 0.617. The van der Waals surface area contributed by atoms with Crippen molar-refractivity contribution in [1.82, 2.24) is 9.55 Å². The predicted octanol–water partition coefficient (Wildman–Crippen LogP) is 2.62. The van der Waals surface area contributed by atoms with Crippen molar-refractivity contribution in [3.05, 3.63) is 30.6 Å². The summed E-state index contributed by atoms with van der Waals surface area (Å²) in [6.45, 7) is 4.12. The van der Waals surface area contributed by atoms with Crippen LogP contribution in [-0.4, -0.2) is 9.55 Å². The Morgan fingerprint density at radius 3 is 2.92 bits per heavy atom. The Kier molecular flexibility index (Phi) is 1.36. The third kappa shape index (κ3) is 0.998. The van der Waals surface area contributed by atoms with Crippen molar-refractivity contribution < 1.29 is 1.37 Å². The molecule has 1 heterocycles. The zero-order valence-electron chi connectivity index (χ0n) is 8.28. The van der Waals surface area contributed by atoms with Crippen LogP contribution in [0.3, 0.4) is 0 Å². The summed E-state index contributed by atoms with van der Waals surface area (Å²) in [6.07, 6.45) is 0.344. The minimum Gasteiger partial charge on any atom is -0.328 e. The van der Waals surface area contributed by atoms with Gasteiger partial charge in [0.15, 0.2) is 0 Å². The number of imidazole rings is 1. The van der Waals surface area contributed by atoms with Crippen molar-refractivity contribution in [1.29, 1.82) is 0 Å². The molecule has 0 radical (unpaired) electrons. The van der Waals surface area contributed by atoms with E-state index < -0.39 is 0 Å². The standard InChI is InChI=1S/C10H12N2/c1-8(2)12-7-11-9-5-3-4-6-10(9)12/h3-8H,1-2H3/i7D. The summed E-state index contributed by atoms with van der Waals surface area (Å²) >= 11 is 0. The largest absolute Gasteiger partial charge is 0.328 e. The van der Waals surface area contributed by atoms with E-state index in [4.69, 9.17) is 1.37 Å². The Hall–Kier alpha value is -1.31. The zero-order chi connectivity index (χ0) is 9.42. The summed E-state index contributed by atoms with van der Waals surface area (Å²) in [4.78, 5) is 4.16. The first-order valence-electron chi connectivity index (χ1n) is 4.63. The number of benzene rings is 1. The summed E-state index contributed by atoms with van der Waals surface area (Å²) < 4.78 is 9.61. The highest BCUT2D eigenvalue weighted by atomic mass is 15.1. The summed E-state index contributed by atoms with van der Waals surface area (Å²) in [7, 11) is 0. The molecule has 0 aliphatic rings. The monoisotopic (exact) mass is 161 g/mol. The minimum atomic E-state index is 0.292. The number of rotatable bonds is 1. The number of para-hydroxylation sites is 2. The van der Waals surface area contributed by atoms with Crippen molar-refractivity contribution in [2.24, 2.45) is 0 Å². The van der Waals surface area contributed by atoms with Crippen LogP contribution < -0.4 is 0 Å². The Bertz CT molecular complexity index is 431. The van der Waals surface area contributed by atoms with Crippen LogP contribution in [-0.2, 0) is 0 Å². The van der Waals surface area contributed by atoms with Crippen LogP contribution in [0.25, 0.3) is 11.0 Å². The van der Waals surface area contributed by atoms with Gasteiger partial charge in [-0.25, -0.2) is 4.98 Å². The topological polar surface area (TPSA) is 17.8 Å². The maximum Gasteiger partial charge on any atom is 0.104 e. The number of hydrogen-bond donors (Lipinski definition) is 0. The lowest BCUT2D eigenvalue weighted by Crippen LogP contribution is -1.97. The zero-order valence-corrected chi connectivity index (χ0v) is 7.28. The summed E-state index contributed by atoms with van der Waals surface area (Å²) in [5, 5.41) is 0. The molecular weight excluding hydrogens is 148 g/mol. The van der Waals surface area contributed by atoms with E-state index in [1.807, 2.05) is 28.8 Å². The smallest absolute Gasteiger partial charge is 0.104 e. The first kappa shape index (κ1) is 6.23. The lowest BCUT2D eigenvalue weighted by atomic mass is 10.3. The van der Waals surface area contributed by atoms with Gasteiger partial charge in [0.2, 0.25) is 0 Å². The molecule has 0 fully saturated rings. The van der Waals surface area contributed by atoms with E-state index in [0.717, 1.165) is 11.0 Å². The molecule has 0 N–H and O–H groups in total.